The van der Waals surface area contributed by atoms with E-state index in [1.165, 1.54) is 49.3 Å². The average molecular weight is 417 g/mol. The second-order valence-corrected chi connectivity index (χ2v) is 9.97. The van der Waals surface area contributed by atoms with Crippen LogP contribution in [0.5, 0.6) is 5.19 Å². The molecule has 0 unspecified atom stereocenters. The average Bonchev–Trinajstić information content (AvgIpc) is 2.99. The third-order valence-electron chi connectivity index (χ3n) is 2.95. The highest BCUT2D eigenvalue weighted by atomic mass is 32.2. The predicted molar refractivity (Wildman–Crippen MR) is 102 cm³/mol. The molecule has 0 saturated carbocycles. The molecule has 1 heterocycles. The van der Waals surface area contributed by atoms with Gasteiger partial charge in [-0.25, -0.2) is 12.7 Å². The smallest absolute Gasteiger partial charge is 0.295 e. The van der Waals surface area contributed by atoms with Crippen molar-refractivity contribution in [3.05, 3.63) is 24.3 Å². The van der Waals surface area contributed by atoms with Gasteiger partial charge in [-0.05, 0) is 43.4 Å². The van der Waals surface area contributed by atoms with Crippen molar-refractivity contribution in [2.24, 2.45) is 0 Å². The van der Waals surface area contributed by atoms with E-state index in [1.54, 1.807) is 12.1 Å². The second kappa shape index (κ2) is 8.80. The number of anilines is 1. The standard InChI is InChI=1S/C15H20N4O4S3/c1-10(2)23-14-17-18-15(25-14)24-9-13(20)16-11-6-5-7-12(8-11)26(21,22)19(3)4/h5-8,10H,9H2,1-4H3,(H,16,20). The molecule has 0 fully saturated rings. The Kier molecular flexibility index (Phi) is 6.98. The number of carbonyl (C=O) groups excluding carboxylic acids is 1. The van der Waals surface area contributed by atoms with E-state index in [0.29, 0.717) is 15.2 Å². The molecule has 26 heavy (non-hydrogen) atoms. The fourth-order valence-electron chi connectivity index (χ4n) is 1.77. The normalized spacial score (nSPS) is 11.8. The number of benzene rings is 1. The summed E-state index contributed by atoms with van der Waals surface area (Å²) in [6, 6.07) is 6.13. The van der Waals surface area contributed by atoms with Gasteiger partial charge in [-0.1, -0.05) is 22.9 Å². The van der Waals surface area contributed by atoms with E-state index >= 15 is 0 Å². The zero-order valence-electron chi connectivity index (χ0n) is 14.8. The first-order chi connectivity index (χ1) is 12.2. The molecule has 1 aromatic heterocycles. The number of aromatic nitrogens is 2. The lowest BCUT2D eigenvalue weighted by Crippen LogP contribution is -2.22. The lowest BCUT2D eigenvalue weighted by Gasteiger charge is -2.12. The minimum atomic E-state index is -3.55. The Balaban J connectivity index is 1.95. The first-order valence-corrected chi connectivity index (χ1v) is 10.9. The number of thioether (sulfide) groups is 1. The minimum Gasteiger partial charge on any atom is -0.466 e. The maximum Gasteiger partial charge on any atom is 0.295 e. The number of carbonyl (C=O) groups is 1. The van der Waals surface area contributed by atoms with Gasteiger partial charge in [-0.15, -0.1) is 5.10 Å². The Labute approximate surface area is 161 Å². The Morgan fingerprint density at radius 2 is 2.08 bits per heavy atom. The van der Waals surface area contributed by atoms with Crippen molar-refractivity contribution in [3.63, 3.8) is 0 Å². The number of hydrogen-bond acceptors (Lipinski definition) is 8. The molecule has 1 N–H and O–H groups in total. The lowest BCUT2D eigenvalue weighted by molar-refractivity contribution is -0.113. The van der Waals surface area contributed by atoms with E-state index in [9.17, 15) is 13.2 Å². The van der Waals surface area contributed by atoms with Crippen LogP contribution in [0.1, 0.15) is 13.8 Å². The fraction of sp³-hybridized carbons (Fsp3) is 0.400. The van der Waals surface area contributed by atoms with Crippen molar-refractivity contribution in [1.82, 2.24) is 14.5 Å². The largest absolute Gasteiger partial charge is 0.466 e. The summed E-state index contributed by atoms with van der Waals surface area (Å²) in [5, 5.41) is 11.0. The van der Waals surface area contributed by atoms with Gasteiger partial charge in [0.05, 0.1) is 16.8 Å². The zero-order valence-corrected chi connectivity index (χ0v) is 17.2. The zero-order chi connectivity index (χ0) is 19.3. The Hall–Kier alpha value is -1.69. The first kappa shape index (κ1) is 20.6. The minimum absolute atomic E-state index is 0.00909. The molecule has 8 nitrogen and oxygen atoms in total. The van der Waals surface area contributed by atoms with Crippen LogP contribution in [0.4, 0.5) is 5.69 Å². The first-order valence-electron chi connectivity index (χ1n) is 7.64. The van der Waals surface area contributed by atoms with Crippen molar-refractivity contribution in [3.8, 4) is 5.19 Å². The van der Waals surface area contributed by atoms with Gasteiger partial charge in [0, 0.05) is 19.8 Å². The van der Waals surface area contributed by atoms with Gasteiger partial charge in [-0.2, -0.15) is 0 Å². The Morgan fingerprint density at radius 1 is 1.35 bits per heavy atom. The van der Waals surface area contributed by atoms with Crippen LogP contribution in [0.25, 0.3) is 0 Å². The van der Waals surface area contributed by atoms with Gasteiger partial charge >= 0.3 is 0 Å². The van der Waals surface area contributed by atoms with E-state index < -0.39 is 10.0 Å². The van der Waals surface area contributed by atoms with Gasteiger partial charge in [0.25, 0.3) is 5.19 Å². The molecule has 142 valence electrons. The van der Waals surface area contributed by atoms with E-state index in [2.05, 4.69) is 15.5 Å². The highest BCUT2D eigenvalue weighted by Gasteiger charge is 2.17. The molecule has 0 aliphatic rings. The Morgan fingerprint density at radius 3 is 2.73 bits per heavy atom. The highest BCUT2D eigenvalue weighted by Crippen LogP contribution is 2.27. The van der Waals surface area contributed by atoms with E-state index in [-0.39, 0.29) is 22.7 Å². The van der Waals surface area contributed by atoms with Crippen LogP contribution in [-0.4, -0.2) is 54.8 Å². The summed E-state index contributed by atoms with van der Waals surface area (Å²) < 4.78 is 31.5. The fourth-order valence-corrected chi connectivity index (χ4v) is 4.33. The maximum atomic E-state index is 12.1. The molecule has 0 bridgehead atoms. The van der Waals surface area contributed by atoms with Crippen LogP contribution < -0.4 is 10.1 Å². The van der Waals surface area contributed by atoms with Crippen molar-refractivity contribution < 1.29 is 17.9 Å². The van der Waals surface area contributed by atoms with Gasteiger partial charge in [0.2, 0.25) is 15.9 Å². The monoisotopic (exact) mass is 416 g/mol. The van der Waals surface area contributed by atoms with Gasteiger partial charge < -0.3 is 10.1 Å². The van der Waals surface area contributed by atoms with E-state index in [1.807, 2.05) is 13.8 Å². The molecule has 1 aromatic carbocycles. The molecule has 0 aliphatic heterocycles. The third-order valence-corrected chi connectivity index (χ3v) is 6.71. The predicted octanol–water partition coefficient (Wildman–Crippen LogP) is 2.31. The summed E-state index contributed by atoms with van der Waals surface area (Å²) in [5.41, 5.74) is 0.416. The summed E-state index contributed by atoms with van der Waals surface area (Å²) in [4.78, 5) is 12.2. The molecule has 0 aliphatic carbocycles. The molecule has 0 atom stereocenters. The van der Waals surface area contributed by atoms with Crippen molar-refractivity contribution in [2.75, 3.05) is 25.2 Å². The molecule has 1 amide bonds. The van der Waals surface area contributed by atoms with Crippen molar-refractivity contribution in [2.45, 2.75) is 29.2 Å². The number of hydrogen-bond donors (Lipinski definition) is 1. The number of nitrogens with one attached hydrogen (secondary N) is 1. The second-order valence-electron chi connectivity index (χ2n) is 5.65. The summed E-state index contributed by atoms with van der Waals surface area (Å²) in [7, 11) is -0.642. The number of ether oxygens (including phenoxy) is 1. The molecular weight excluding hydrogens is 396 g/mol. The molecule has 2 rings (SSSR count). The number of amides is 1. The lowest BCUT2D eigenvalue weighted by atomic mass is 10.3. The number of rotatable bonds is 8. The summed E-state index contributed by atoms with van der Waals surface area (Å²) in [6.07, 6.45) is 0.00909. The molecular formula is C15H20N4O4S3. The van der Waals surface area contributed by atoms with Crippen LogP contribution in [0.15, 0.2) is 33.5 Å². The quantitative estimate of drug-likeness (QED) is 0.659. The van der Waals surface area contributed by atoms with Crippen LogP contribution in [-0.2, 0) is 14.8 Å². The van der Waals surface area contributed by atoms with E-state index in [0.717, 1.165) is 4.31 Å². The summed E-state index contributed by atoms with van der Waals surface area (Å²) in [6.45, 7) is 3.79. The molecule has 2 aromatic rings. The third kappa shape index (κ3) is 5.66. The van der Waals surface area contributed by atoms with Crippen LogP contribution in [0.2, 0.25) is 0 Å². The molecule has 0 radical (unpaired) electrons. The van der Waals surface area contributed by atoms with Crippen LogP contribution >= 0.6 is 23.1 Å². The summed E-state index contributed by atoms with van der Waals surface area (Å²) >= 11 is 2.51. The highest BCUT2D eigenvalue weighted by molar-refractivity contribution is 8.01. The maximum absolute atomic E-state index is 12.1. The van der Waals surface area contributed by atoms with Crippen LogP contribution in [0.3, 0.4) is 0 Å². The van der Waals surface area contributed by atoms with Gasteiger partial charge in [0.15, 0.2) is 4.34 Å². The molecule has 0 saturated heterocycles. The molecule has 11 heteroatoms. The van der Waals surface area contributed by atoms with E-state index in [4.69, 9.17) is 4.74 Å². The summed E-state index contributed by atoms with van der Waals surface area (Å²) in [5.74, 6) is -0.142. The number of sulfonamides is 1. The molecule has 0 spiro atoms. The van der Waals surface area contributed by atoms with Crippen molar-refractivity contribution >= 4 is 44.7 Å². The van der Waals surface area contributed by atoms with Crippen molar-refractivity contribution in [1.29, 1.82) is 0 Å². The topological polar surface area (TPSA) is 101 Å². The SMILES string of the molecule is CC(C)Oc1nnc(SCC(=O)Nc2cccc(S(=O)(=O)N(C)C)c2)s1. The Bertz CT molecular complexity index is 865. The van der Waals surface area contributed by atoms with Gasteiger partial charge in [-0.3, -0.25) is 4.79 Å². The van der Waals surface area contributed by atoms with Crippen LogP contribution in [0, 0.1) is 0 Å². The van der Waals surface area contributed by atoms with Gasteiger partial charge in [0.1, 0.15) is 0 Å². The number of nitrogens with zero attached hydrogens (tertiary/aromatic N) is 3.